The second-order valence-corrected chi connectivity index (χ2v) is 4.73. The normalized spacial score (nSPS) is 14.9. The predicted molar refractivity (Wildman–Crippen MR) is 66.2 cm³/mol. The highest BCUT2D eigenvalue weighted by molar-refractivity contribution is 6.30. The lowest BCUT2D eigenvalue weighted by molar-refractivity contribution is 0.0695. The molecule has 2 aromatic rings. The van der Waals surface area contributed by atoms with Crippen molar-refractivity contribution in [3.05, 3.63) is 39.4 Å². The van der Waals surface area contributed by atoms with Crippen molar-refractivity contribution in [2.75, 3.05) is 0 Å². The summed E-state index contributed by atoms with van der Waals surface area (Å²) < 4.78 is 1.81. The minimum absolute atomic E-state index is 0.224. The number of carbonyl (C=O) groups is 1. The predicted octanol–water partition coefficient (Wildman–Crippen LogP) is 2.08. The Morgan fingerprint density at radius 1 is 1.50 bits per heavy atom. The number of hydrogen-bond acceptors (Lipinski definition) is 3. The zero-order valence-electron chi connectivity index (χ0n) is 9.26. The summed E-state index contributed by atoms with van der Waals surface area (Å²) in [6.07, 6.45) is 4.71. The van der Waals surface area contributed by atoms with Crippen molar-refractivity contribution in [3.63, 3.8) is 0 Å². The van der Waals surface area contributed by atoms with Gasteiger partial charge in [-0.1, -0.05) is 11.6 Å². The molecule has 5 nitrogen and oxygen atoms in total. The van der Waals surface area contributed by atoms with Crippen LogP contribution in [-0.4, -0.2) is 20.6 Å². The maximum atomic E-state index is 12.0. The fourth-order valence-corrected chi connectivity index (χ4v) is 2.18. The number of rotatable bonds is 2. The fraction of sp³-hybridized carbons (Fsp3) is 0.250. The molecule has 0 radical (unpaired) electrons. The van der Waals surface area contributed by atoms with Crippen LogP contribution in [0.15, 0.2) is 23.3 Å². The maximum Gasteiger partial charge on any atom is 0.341 e. The molecule has 1 saturated carbocycles. The summed E-state index contributed by atoms with van der Waals surface area (Å²) in [5.74, 6) is -1.22. The zero-order chi connectivity index (χ0) is 12.9. The van der Waals surface area contributed by atoms with Gasteiger partial charge in [-0.25, -0.2) is 9.78 Å². The maximum absolute atomic E-state index is 12.0. The molecular formula is C12H9ClN2O3. The first kappa shape index (κ1) is 11.2. The van der Waals surface area contributed by atoms with Gasteiger partial charge in [0.2, 0.25) is 5.43 Å². The fourth-order valence-electron chi connectivity index (χ4n) is 2.03. The molecule has 3 rings (SSSR count). The third kappa shape index (κ3) is 1.67. The molecule has 1 N–H and O–H groups in total. The molecule has 0 amide bonds. The largest absolute Gasteiger partial charge is 0.477 e. The second-order valence-electron chi connectivity index (χ2n) is 4.34. The first-order valence-electron chi connectivity index (χ1n) is 5.51. The van der Waals surface area contributed by atoms with Crippen LogP contribution < -0.4 is 5.43 Å². The van der Waals surface area contributed by atoms with Gasteiger partial charge in [-0.05, 0) is 18.9 Å². The molecule has 18 heavy (non-hydrogen) atoms. The van der Waals surface area contributed by atoms with E-state index in [0.717, 1.165) is 12.8 Å². The van der Waals surface area contributed by atoms with Gasteiger partial charge in [0.1, 0.15) is 10.7 Å². The third-order valence-corrected chi connectivity index (χ3v) is 3.26. The molecule has 0 unspecified atom stereocenters. The summed E-state index contributed by atoms with van der Waals surface area (Å²) in [6, 6.07) is 1.85. The molecule has 0 aromatic carbocycles. The molecule has 0 bridgehead atoms. The van der Waals surface area contributed by atoms with E-state index in [4.69, 9.17) is 16.7 Å². The number of hydrogen-bond donors (Lipinski definition) is 1. The number of halogens is 1. The summed E-state index contributed by atoms with van der Waals surface area (Å²) in [4.78, 5) is 26.9. The van der Waals surface area contributed by atoms with Crippen LogP contribution >= 0.6 is 11.6 Å². The van der Waals surface area contributed by atoms with Crippen LogP contribution in [0.4, 0.5) is 0 Å². The molecular weight excluding hydrogens is 256 g/mol. The summed E-state index contributed by atoms with van der Waals surface area (Å²) >= 11 is 5.83. The van der Waals surface area contributed by atoms with E-state index >= 15 is 0 Å². The highest BCUT2D eigenvalue weighted by Crippen LogP contribution is 2.37. The number of carboxylic acids is 1. The SMILES string of the molecule is O=C(O)c1cn(C2CC2)c2cc(Cl)ncc2c1=O. The van der Waals surface area contributed by atoms with Crippen molar-refractivity contribution in [1.29, 1.82) is 0 Å². The summed E-state index contributed by atoms with van der Waals surface area (Å²) in [6.45, 7) is 0. The number of aromatic carboxylic acids is 1. The van der Waals surface area contributed by atoms with E-state index in [1.165, 1.54) is 12.4 Å². The standard InChI is InChI=1S/C12H9ClN2O3/c13-10-3-9-7(4-14-10)11(16)8(12(17)18)5-15(9)6-1-2-6/h3-6H,1-2H2,(H,17,18). The Balaban J connectivity index is 2.43. The van der Waals surface area contributed by atoms with Gasteiger partial charge in [0.25, 0.3) is 0 Å². The van der Waals surface area contributed by atoms with Gasteiger partial charge in [0.15, 0.2) is 0 Å². The number of nitrogens with zero attached hydrogens (tertiary/aromatic N) is 2. The van der Waals surface area contributed by atoms with E-state index in [9.17, 15) is 9.59 Å². The first-order chi connectivity index (χ1) is 8.58. The molecule has 0 aliphatic heterocycles. The number of carboxylic acid groups (broad SMARTS) is 1. The van der Waals surface area contributed by atoms with E-state index < -0.39 is 11.4 Å². The van der Waals surface area contributed by atoms with Crippen LogP contribution in [0.5, 0.6) is 0 Å². The second kappa shape index (κ2) is 3.81. The first-order valence-corrected chi connectivity index (χ1v) is 5.89. The monoisotopic (exact) mass is 264 g/mol. The van der Waals surface area contributed by atoms with Gasteiger partial charge >= 0.3 is 5.97 Å². The molecule has 1 fully saturated rings. The van der Waals surface area contributed by atoms with Crippen molar-refractivity contribution < 1.29 is 9.90 Å². The lowest BCUT2D eigenvalue weighted by Gasteiger charge is -2.10. The Hall–Kier alpha value is -1.88. The molecule has 0 spiro atoms. The van der Waals surface area contributed by atoms with Crippen molar-refractivity contribution in [2.45, 2.75) is 18.9 Å². The van der Waals surface area contributed by atoms with Crippen molar-refractivity contribution in [3.8, 4) is 0 Å². The van der Waals surface area contributed by atoms with Crippen LogP contribution in [0.25, 0.3) is 10.9 Å². The average Bonchev–Trinajstić information content (AvgIpc) is 3.13. The number of fused-ring (bicyclic) bond motifs is 1. The summed E-state index contributed by atoms with van der Waals surface area (Å²) in [7, 11) is 0. The minimum atomic E-state index is -1.22. The van der Waals surface area contributed by atoms with E-state index in [1.807, 2.05) is 4.57 Å². The Morgan fingerprint density at radius 3 is 2.83 bits per heavy atom. The molecule has 0 atom stereocenters. The van der Waals surface area contributed by atoms with Crippen LogP contribution in [0.3, 0.4) is 0 Å². The molecule has 6 heteroatoms. The Morgan fingerprint density at radius 2 is 2.22 bits per heavy atom. The average molecular weight is 265 g/mol. The summed E-state index contributed by atoms with van der Waals surface area (Å²) in [5.41, 5.74) is -0.0930. The molecule has 92 valence electrons. The van der Waals surface area contributed by atoms with Crippen LogP contribution in [0.1, 0.15) is 29.2 Å². The van der Waals surface area contributed by atoms with Crippen LogP contribution in [0.2, 0.25) is 5.15 Å². The van der Waals surface area contributed by atoms with Gasteiger partial charge < -0.3 is 9.67 Å². The van der Waals surface area contributed by atoms with Gasteiger partial charge in [0, 0.05) is 18.4 Å². The van der Waals surface area contributed by atoms with Gasteiger partial charge in [0.05, 0.1) is 10.9 Å². The van der Waals surface area contributed by atoms with Crippen molar-refractivity contribution in [2.24, 2.45) is 0 Å². The van der Waals surface area contributed by atoms with E-state index in [1.54, 1.807) is 6.07 Å². The highest BCUT2D eigenvalue weighted by atomic mass is 35.5. The highest BCUT2D eigenvalue weighted by Gasteiger charge is 2.26. The number of aromatic nitrogens is 2. The van der Waals surface area contributed by atoms with Crippen LogP contribution in [0, 0.1) is 0 Å². The van der Waals surface area contributed by atoms with Crippen molar-refractivity contribution >= 4 is 28.5 Å². The lowest BCUT2D eigenvalue weighted by atomic mass is 10.2. The van der Waals surface area contributed by atoms with Crippen LogP contribution in [-0.2, 0) is 0 Å². The van der Waals surface area contributed by atoms with Crippen molar-refractivity contribution in [1.82, 2.24) is 9.55 Å². The van der Waals surface area contributed by atoms with Gasteiger partial charge in [-0.3, -0.25) is 4.79 Å². The zero-order valence-corrected chi connectivity index (χ0v) is 10.0. The molecule has 1 aliphatic carbocycles. The topological polar surface area (TPSA) is 72.2 Å². The molecule has 2 heterocycles. The van der Waals surface area contributed by atoms with E-state index in [2.05, 4.69) is 4.98 Å². The Bertz CT molecular complexity index is 719. The smallest absolute Gasteiger partial charge is 0.341 e. The number of pyridine rings is 2. The minimum Gasteiger partial charge on any atom is -0.477 e. The summed E-state index contributed by atoms with van der Waals surface area (Å²) in [5, 5.41) is 9.64. The van der Waals surface area contributed by atoms with E-state index in [-0.39, 0.29) is 11.6 Å². The quantitative estimate of drug-likeness (QED) is 0.843. The molecule has 2 aromatic heterocycles. The Labute approximate surface area is 107 Å². The van der Waals surface area contributed by atoms with Gasteiger partial charge in [-0.15, -0.1) is 0 Å². The van der Waals surface area contributed by atoms with E-state index in [0.29, 0.717) is 16.1 Å². The molecule has 0 saturated heterocycles. The van der Waals surface area contributed by atoms with Gasteiger partial charge in [-0.2, -0.15) is 0 Å². The lowest BCUT2D eigenvalue weighted by Crippen LogP contribution is -2.18. The third-order valence-electron chi connectivity index (χ3n) is 3.06. The Kier molecular flexibility index (Phi) is 2.38. The molecule has 1 aliphatic rings.